The summed E-state index contributed by atoms with van der Waals surface area (Å²) in [5, 5.41) is 7.45. The molecule has 0 saturated carbocycles. The number of hydrogen-bond acceptors (Lipinski definition) is 3. The normalized spacial score (nSPS) is 11.7. The topological polar surface area (TPSA) is 16.4 Å². The van der Waals surface area contributed by atoms with E-state index < -0.39 is 0 Å². The van der Waals surface area contributed by atoms with Gasteiger partial charge in [-0.25, -0.2) is 0 Å². The Kier molecular flexibility index (Phi) is 6.39. The zero-order valence-electron chi connectivity index (χ0n) is 26.5. The molecule has 0 unspecified atom stereocenters. The van der Waals surface area contributed by atoms with E-state index in [9.17, 15) is 0 Å². The molecule has 0 spiro atoms. The van der Waals surface area contributed by atoms with Crippen LogP contribution in [0.3, 0.4) is 0 Å². The summed E-state index contributed by atoms with van der Waals surface area (Å²) in [4.78, 5) is 2.32. The highest BCUT2D eigenvalue weighted by Gasteiger charge is 2.19. The van der Waals surface area contributed by atoms with Crippen LogP contribution in [0.15, 0.2) is 180 Å². The Bertz CT molecular complexity index is 2710. The third-order valence-corrected chi connectivity index (χ3v) is 10.8. The van der Waals surface area contributed by atoms with Crippen LogP contribution in [0.2, 0.25) is 0 Å². The SMILES string of the molecule is c1ccc(-c2ccc(N(c3ccc(-c4ccccc4)cc3)c3ccc4c(c3)oc3ccc5c6cc7ccccc7cc6sc5c34)cc2)cc1. The molecule has 0 aliphatic heterocycles. The first-order chi connectivity index (χ1) is 24.3. The van der Waals surface area contributed by atoms with Gasteiger partial charge >= 0.3 is 0 Å². The van der Waals surface area contributed by atoms with Crippen molar-refractivity contribution in [1.82, 2.24) is 0 Å². The molecule has 0 atom stereocenters. The number of anilines is 3. The van der Waals surface area contributed by atoms with Gasteiger partial charge in [-0.15, -0.1) is 11.3 Å². The largest absolute Gasteiger partial charge is 0.456 e. The van der Waals surface area contributed by atoms with Gasteiger partial charge in [-0.2, -0.15) is 0 Å². The van der Waals surface area contributed by atoms with Crippen LogP contribution >= 0.6 is 11.3 Å². The molecule has 0 aliphatic carbocycles. The summed E-state index contributed by atoms with van der Waals surface area (Å²) < 4.78 is 9.21. The molecule has 0 amide bonds. The lowest BCUT2D eigenvalue weighted by Crippen LogP contribution is -2.09. The van der Waals surface area contributed by atoms with E-state index in [2.05, 4.69) is 181 Å². The highest BCUT2D eigenvalue weighted by molar-refractivity contribution is 7.26. The Morgan fingerprint density at radius 1 is 0.388 bits per heavy atom. The molecule has 0 fully saturated rings. The standard InChI is InChI=1S/C46H29NOS/c1-3-9-30(10-4-1)32-15-19-36(20-16-32)47(37-21-17-33(18-22-37)31-11-5-2-6-12-31)38-23-24-40-43(29-38)48-42-26-25-39-41-27-34-13-7-8-14-35(34)28-44(41)49-46(39)45(40)42/h1-29H. The fourth-order valence-corrected chi connectivity index (χ4v) is 8.51. The molecule has 10 aromatic rings. The monoisotopic (exact) mass is 643 g/mol. The predicted octanol–water partition coefficient (Wildman–Crippen LogP) is 13.9. The lowest BCUT2D eigenvalue weighted by atomic mass is 10.0. The van der Waals surface area contributed by atoms with Crippen molar-refractivity contribution < 1.29 is 4.42 Å². The lowest BCUT2D eigenvalue weighted by Gasteiger charge is -2.26. The molecular weight excluding hydrogens is 615 g/mol. The zero-order valence-corrected chi connectivity index (χ0v) is 27.3. The molecule has 2 aromatic heterocycles. The number of fused-ring (bicyclic) bond motifs is 8. The van der Waals surface area contributed by atoms with E-state index in [1.807, 2.05) is 11.3 Å². The van der Waals surface area contributed by atoms with Crippen molar-refractivity contribution in [2.24, 2.45) is 0 Å². The van der Waals surface area contributed by atoms with Gasteiger partial charge in [0.25, 0.3) is 0 Å². The van der Waals surface area contributed by atoms with Gasteiger partial charge in [-0.3, -0.25) is 0 Å². The van der Waals surface area contributed by atoms with Gasteiger partial charge in [0, 0.05) is 54.1 Å². The maximum Gasteiger partial charge on any atom is 0.137 e. The molecule has 0 aliphatic rings. The van der Waals surface area contributed by atoms with Crippen molar-refractivity contribution in [1.29, 1.82) is 0 Å². The molecule has 49 heavy (non-hydrogen) atoms. The first-order valence-electron chi connectivity index (χ1n) is 16.6. The highest BCUT2D eigenvalue weighted by atomic mass is 32.1. The number of hydrogen-bond donors (Lipinski definition) is 0. The molecule has 2 heterocycles. The van der Waals surface area contributed by atoms with Gasteiger partial charge in [0.05, 0.1) is 0 Å². The van der Waals surface area contributed by atoms with Gasteiger partial charge in [-0.1, -0.05) is 109 Å². The predicted molar refractivity (Wildman–Crippen MR) is 210 cm³/mol. The van der Waals surface area contributed by atoms with Crippen molar-refractivity contribution in [2.45, 2.75) is 0 Å². The minimum absolute atomic E-state index is 0.884. The number of rotatable bonds is 5. The summed E-state index contributed by atoms with van der Waals surface area (Å²) in [6.45, 7) is 0. The van der Waals surface area contributed by atoms with E-state index in [0.29, 0.717) is 0 Å². The summed E-state index contributed by atoms with van der Waals surface area (Å²) in [5.74, 6) is 0. The molecule has 230 valence electrons. The van der Waals surface area contributed by atoms with Crippen molar-refractivity contribution in [3.05, 3.63) is 176 Å². The maximum atomic E-state index is 6.63. The van der Waals surface area contributed by atoms with Crippen molar-refractivity contribution in [2.75, 3.05) is 4.90 Å². The smallest absolute Gasteiger partial charge is 0.137 e. The van der Waals surface area contributed by atoms with Crippen molar-refractivity contribution in [3.8, 4) is 22.3 Å². The van der Waals surface area contributed by atoms with Crippen LogP contribution in [0, 0.1) is 0 Å². The fraction of sp³-hybridized carbons (Fsp3) is 0. The fourth-order valence-electron chi connectivity index (χ4n) is 7.22. The van der Waals surface area contributed by atoms with Gasteiger partial charge in [0.2, 0.25) is 0 Å². The average Bonchev–Trinajstić information content (AvgIpc) is 3.72. The maximum absolute atomic E-state index is 6.63. The van der Waals surface area contributed by atoms with Crippen LogP contribution in [-0.2, 0) is 0 Å². The van der Waals surface area contributed by atoms with Gasteiger partial charge in [0.1, 0.15) is 11.2 Å². The molecule has 0 saturated heterocycles. The Hall–Kier alpha value is -6.16. The second-order valence-electron chi connectivity index (χ2n) is 12.6. The minimum Gasteiger partial charge on any atom is -0.456 e. The zero-order chi connectivity index (χ0) is 32.3. The van der Waals surface area contributed by atoms with E-state index in [1.54, 1.807) is 0 Å². The number of nitrogens with zero attached hydrogens (tertiary/aromatic N) is 1. The summed E-state index contributed by atoms with van der Waals surface area (Å²) in [6.07, 6.45) is 0. The molecule has 0 N–H and O–H groups in total. The molecule has 0 bridgehead atoms. The molecule has 2 nitrogen and oxygen atoms in total. The Morgan fingerprint density at radius 2 is 0.918 bits per heavy atom. The van der Waals surface area contributed by atoms with Crippen LogP contribution in [0.1, 0.15) is 0 Å². The number of furan rings is 1. The second kappa shape index (κ2) is 11.2. The first kappa shape index (κ1) is 27.9. The van der Waals surface area contributed by atoms with E-state index in [4.69, 9.17) is 4.42 Å². The third kappa shape index (κ3) is 4.70. The molecule has 0 radical (unpaired) electrons. The highest BCUT2D eigenvalue weighted by Crippen LogP contribution is 2.45. The summed E-state index contributed by atoms with van der Waals surface area (Å²) in [7, 11) is 0. The van der Waals surface area contributed by atoms with Gasteiger partial charge in [-0.05, 0) is 93.7 Å². The van der Waals surface area contributed by atoms with Crippen molar-refractivity contribution >= 4 is 81.3 Å². The molecule has 8 aromatic carbocycles. The van der Waals surface area contributed by atoms with Crippen LogP contribution in [0.5, 0.6) is 0 Å². The average molecular weight is 644 g/mol. The van der Waals surface area contributed by atoms with E-state index in [0.717, 1.165) is 33.6 Å². The third-order valence-electron chi connectivity index (χ3n) is 9.65. The number of benzene rings is 8. The van der Waals surface area contributed by atoms with E-state index >= 15 is 0 Å². The van der Waals surface area contributed by atoms with Crippen molar-refractivity contribution in [3.63, 3.8) is 0 Å². The Labute approximate surface area is 287 Å². The first-order valence-corrected chi connectivity index (χ1v) is 17.4. The Morgan fingerprint density at radius 3 is 1.55 bits per heavy atom. The number of thiophene rings is 1. The minimum atomic E-state index is 0.884. The van der Waals surface area contributed by atoms with Gasteiger partial charge in [0.15, 0.2) is 0 Å². The summed E-state index contributed by atoms with van der Waals surface area (Å²) in [5.41, 5.74) is 9.81. The molecule has 3 heteroatoms. The van der Waals surface area contributed by atoms with Crippen LogP contribution in [0.25, 0.3) is 75.1 Å². The van der Waals surface area contributed by atoms with Crippen LogP contribution < -0.4 is 4.90 Å². The lowest BCUT2D eigenvalue weighted by molar-refractivity contribution is 0.669. The van der Waals surface area contributed by atoms with E-state index in [1.165, 1.54) is 58.6 Å². The molecular formula is C46H29NOS. The summed E-state index contributed by atoms with van der Waals surface area (Å²) in [6, 6.07) is 63.0. The van der Waals surface area contributed by atoms with E-state index in [-0.39, 0.29) is 0 Å². The summed E-state index contributed by atoms with van der Waals surface area (Å²) >= 11 is 1.86. The van der Waals surface area contributed by atoms with Crippen LogP contribution in [0.4, 0.5) is 17.1 Å². The van der Waals surface area contributed by atoms with Gasteiger partial charge < -0.3 is 9.32 Å². The van der Waals surface area contributed by atoms with Crippen LogP contribution in [-0.4, -0.2) is 0 Å². The second-order valence-corrected chi connectivity index (χ2v) is 13.6. The molecule has 10 rings (SSSR count). The Balaban J connectivity index is 1.12. The quantitative estimate of drug-likeness (QED) is 0.186.